The molecule has 0 aromatic heterocycles. The van der Waals surface area contributed by atoms with Crippen LogP contribution in [0, 0.1) is 5.92 Å². The number of carbonyl (C=O) groups excluding carboxylic acids is 1. The van der Waals surface area contributed by atoms with Crippen molar-refractivity contribution in [1.29, 1.82) is 0 Å². The Morgan fingerprint density at radius 3 is 2.40 bits per heavy atom. The van der Waals surface area contributed by atoms with Crippen LogP contribution < -0.4 is 5.73 Å². The Hall–Kier alpha value is -1.10. The van der Waals surface area contributed by atoms with E-state index < -0.39 is 5.97 Å². The highest BCUT2D eigenvalue weighted by atomic mass is 16.4. The average molecular weight is 216 g/mol. The Balaban J connectivity index is 4.20. The predicted molar refractivity (Wildman–Crippen MR) is 57.3 cm³/mol. The smallest absolute Gasteiger partial charge is 0.323 e. The maximum absolute atomic E-state index is 11.6. The Morgan fingerprint density at radius 1 is 1.40 bits per heavy atom. The summed E-state index contributed by atoms with van der Waals surface area (Å²) in [7, 11) is 0. The molecule has 5 heteroatoms. The van der Waals surface area contributed by atoms with E-state index in [-0.39, 0.29) is 18.4 Å². The minimum absolute atomic E-state index is 0.128. The molecule has 0 saturated heterocycles. The summed E-state index contributed by atoms with van der Waals surface area (Å²) in [5, 5.41) is 8.65. The highest BCUT2D eigenvalue weighted by Crippen LogP contribution is 2.02. The van der Waals surface area contributed by atoms with Crippen LogP contribution >= 0.6 is 0 Å². The van der Waals surface area contributed by atoms with Crippen LogP contribution in [0.2, 0.25) is 0 Å². The maximum Gasteiger partial charge on any atom is 0.323 e. The van der Waals surface area contributed by atoms with Gasteiger partial charge in [-0.15, -0.1) is 0 Å². The van der Waals surface area contributed by atoms with Crippen LogP contribution in [-0.2, 0) is 9.59 Å². The molecule has 0 saturated carbocycles. The molecule has 0 radical (unpaired) electrons. The summed E-state index contributed by atoms with van der Waals surface area (Å²) in [5.74, 6) is -0.834. The zero-order chi connectivity index (χ0) is 11.8. The number of nitrogens with zero attached hydrogens (tertiary/aromatic N) is 1. The van der Waals surface area contributed by atoms with Crippen LogP contribution in [0.25, 0.3) is 0 Å². The fourth-order valence-electron chi connectivity index (χ4n) is 1.27. The largest absolute Gasteiger partial charge is 0.480 e. The van der Waals surface area contributed by atoms with E-state index in [1.54, 1.807) is 0 Å². The number of carboxylic acid groups (broad SMARTS) is 1. The van der Waals surface area contributed by atoms with E-state index in [0.29, 0.717) is 25.9 Å². The number of aliphatic carboxylic acids is 1. The van der Waals surface area contributed by atoms with Crippen LogP contribution in [0.1, 0.15) is 26.7 Å². The third kappa shape index (κ3) is 6.90. The standard InChI is InChI=1S/C10H20N2O3/c1-8(2)6-12(7-10(14)15)9(13)4-3-5-11/h8H,3-7,11H2,1-2H3,(H,14,15). The molecule has 0 heterocycles. The first-order valence-corrected chi connectivity index (χ1v) is 5.17. The zero-order valence-corrected chi connectivity index (χ0v) is 9.40. The van der Waals surface area contributed by atoms with Crippen molar-refractivity contribution >= 4 is 11.9 Å². The third-order valence-electron chi connectivity index (χ3n) is 1.86. The molecule has 0 bridgehead atoms. The van der Waals surface area contributed by atoms with Crippen molar-refractivity contribution in [2.75, 3.05) is 19.6 Å². The predicted octanol–water partition coefficient (Wildman–Crippen LogP) is 0.295. The summed E-state index contributed by atoms with van der Waals surface area (Å²) in [6, 6.07) is 0. The molecule has 0 aromatic rings. The number of hydrogen-bond donors (Lipinski definition) is 2. The Bertz CT molecular complexity index is 217. The van der Waals surface area contributed by atoms with Crippen molar-refractivity contribution in [3.63, 3.8) is 0 Å². The second-order valence-corrected chi connectivity index (χ2v) is 3.95. The van der Waals surface area contributed by atoms with Crippen LogP contribution in [0.5, 0.6) is 0 Å². The van der Waals surface area contributed by atoms with Crippen molar-refractivity contribution in [2.24, 2.45) is 11.7 Å². The van der Waals surface area contributed by atoms with E-state index in [1.165, 1.54) is 4.90 Å². The van der Waals surface area contributed by atoms with Gasteiger partial charge in [0.2, 0.25) is 5.91 Å². The van der Waals surface area contributed by atoms with E-state index in [4.69, 9.17) is 10.8 Å². The first kappa shape index (κ1) is 13.9. The van der Waals surface area contributed by atoms with Gasteiger partial charge in [-0.3, -0.25) is 9.59 Å². The van der Waals surface area contributed by atoms with Crippen LogP contribution in [0.15, 0.2) is 0 Å². The molecule has 0 rings (SSSR count). The average Bonchev–Trinajstić information content (AvgIpc) is 2.11. The van der Waals surface area contributed by atoms with Crippen molar-refractivity contribution in [2.45, 2.75) is 26.7 Å². The fraction of sp³-hybridized carbons (Fsp3) is 0.800. The van der Waals surface area contributed by atoms with Gasteiger partial charge in [0.1, 0.15) is 6.54 Å². The molecular weight excluding hydrogens is 196 g/mol. The van der Waals surface area contributed by atoms with E-state index in [2.05, 4.69) is 0 Å². The second-order valence-electron chi connectivity index (χ2n) is 3.95. The van der Waals surface area contributed by atoms with Crippen molar-refractivity contribution in [1.82, 2.24) is 4.90 Å². The molecule has 3 N–H and O–H groups in total. The zero-order valence-electron chi connectivity index (χ0n) is 9.40. The molecule has 1 amide bonds. The van der Waals surface area contributed by atoms with Crippen molar-refractivity contribution in [3.05, 3.63) is 0 Å². The van der Waals surface area contributed by atoms with Gasteiger partial charge < -0.3 is 15.7 Å². The summed E-state index contributed by atoms with van der Waals surface area (Å²) >= 11 is 0. The highest BCUT2D eigenvalue weighted by molar-refractivity contribution is 5.81. The SMILES string of the molecule is CC(C)CN(CC(=O)O)C(=O)CCCN. The first-order chi connectivity index (χ1) is 6.97. The lowest BCUT2D eigenvalue weighted by molar-refractivity contribution is -0.144. The van der Waals surface area contributed by atoms with Gasteiger partial charge in [0.25, 0.3) is 0 Å². The van der Waals surface area contributed by atoms with Gasteiger partial charge >= 0.3 is 5.97 Å². The molecule has 15 heavy (non-hydrogen) atoms. The minimum Gasteiger partial charge on any atom is -0.480 e. The summed E-state index contributed by atoms with van der Waals surface area (Å²) in [4.78, 5) is 23.5. The van der Waals surface area contributed by atoms with E-state index in [0.717, 1.165) is 0 Å². The van der Waals surface area contributed by atoms with Crippen LogP contribution in [0.3, 0.4) is 0 Å². The summed E-state index contributed by atoms with van der Waals surface area (Å²) < 4.78 is 0. The number of carbonyl (C=O) groups is 2. The molecule has 0 atom stereocenters. The summed E-state index contributed by atoms with van der Waals surface area (Å²) in [5.41, 5.74) is 5.29. The van der Waals surface area contributed by atoms with Crippen molar-refractivity contribution in [3.8, 4) is 0 Å². The highest BCUT2D eigenvalue weighted by Gasteiger charge is 2.16. The van der Waals surface area contributed by atoms with Gasteiger partial charge in [-0.1, -0.05) is 13.8 Å². The minimum atomic E-state index is -0.975. The van der Waals surface area contributed by atoms with Crippen LogP contribution in [-0.4, -0.2) is 41.5 Å². The molecule has 88 valence electrons. The molecule has 0 aliphatic heterocycles. The molecule has 0 unspecified atom stereocenters. The monoisotopic (exact) mass is 216 g/mol. The first-order valence-electron chi connectivity index (χ1n) is 5.17. The lowest BCUT2D eigenvalue weighted by Crippen LogP contribution is -2.38. The van der Waals surface area contributed by atoms with Gasteiger partial charge in [-0.25, -0.2) is 0 Å². The van der Waals surface area contributed by atoms with E-state index in [9.17, 15) is 9.59 Å². The Morgan fingerprint density at radius 2 is 2.00 bits per heavy atom. The topological polar surface area (TPSA) is 83.6 Å². The summed E-state index contributed by atoms with van der Waals surface area (Å²) in [6.07, 6.45) is 0.934. The Labute approximate surface area is 90.2 Å². The molecule has 5 nitrogen and oxygen atoms in total. The number of hydrogen-bond acceptors (Lipinski definition) is 3. The van der Waals surface area contributed by atoms with E-state index >= 15 is 0 Å². The quantitative estimate of drug-likeness (QED) is 0.641. The molecule has 0 aliphatic carbocycles. The second kappa shape index (κ2) is 7.23. The van der Waals surface area contributed by atoms with Crippen molar-refractivity contribution < 1.29 is 14.7 Å². The van der Waals surface area contributed by atoms with Crippen LogP contribution in [0.4, 0.5) is 0 Å². The molecule has 0 fully saturated rings. The normalized spacial score (nSPS) is 10.4. The van der Waals surface area contributed by atoms with Gasteiger partial charge in [-0.2, -0.15) is 0 Å². The number of carboxylic acids is 1. The van der Waals surface area contributed by atoms with Gasteiger partial charge in [0.15, 0.2) is 0 Å². The summed E-state index contributed by atoms with van der Waals surface area (Å²) in [6.45, 7) is 4.61. The molecular formula is C10H20N2O3. The lowest BCUT2D eigenvalue weighted by Gasteiger charge is -2.22. The fourth-order valence-corrected chi connectivity index (χ4v) is 1.27. The molecule has 0 spiro atoms. The Kier molecular flexibility index (Phi) is 6.70. The molecule has 0 aliphatic rings. The van der Waals surface area contributed by atoms with Gasteiger partial charge in [0.05, 0.1) is 0 Å². The number of amides is 1. The number of nitrogens with two attached hydrogens (primary N) is 1. The molecule has 0 aromatic carbocycles. The van der Waals surface area contributed by atoms with Gasteiger partial charge in [0, 0.05) is 13.0 Å². The lowest BCUT2D eigenvalue weighted by atomic mass is 10.2. The van der Waals surface area contributed by atoms with E-state index in [1.807, 2.05) is 13.8 Å². The third-order valence-corrected chi connectivity index (χ3v) is 1.86. The van der Waals surface area contributed by atoms with Gasteiger partial charge in [-0.05, 0) is 18.9 Å². The number of rotatable bonds is 7. The maximum atomic E-state index is 11.6.